The van der Waals surface area contributed by atoms with Gasteiger partial charge < -0.3 is 10.3 Å². The van der Waals surface area contributed by atoms with Gasteiger partial charge in [-0.1, -0.05) is 15.9 Å². The van der Waals surface area contributed by atoms with Crippen molar-refractivity contribution in [2.24, 2.45) is 7.05 Å². The van der Waals surface area contributed by atoms with Crippen LogP contribution in [0.2, 0.25) is 0 Å². The highest BCUT2D eigenvalue weighted by atomic mass is 79.9. The molecular formula is C14H11BrFN3. The molecule has 0 atom stereocenters. The highest BCUT2D eigenvalue weighted by Crippen LogP contribution is 2.31. The molecule has 0 aliphatic heterocycles. The Morgan fingerprint density at radius 2 is 2.00 bits per heavy atom. The number of nitrogen functional groups attached to an aromatic ring is 1. The maximum absolute atomic E-state index is 13.3. The maximum atomic E-state index is 13.3. The molecule has 0 spiro atoms. The summed E-state index contributed by atoms with van der Waals surface area (Å²) >= 11 is 3.49. The van der Waals surface area contributed by atoms with E-state index in [1.807, 2.05) is 29.8 Å². The van der Waals surface area contributed by atoms with E-state index in [0.29, 0.717) is 5.69 Å². The van der Waals surface area contributed by atoms with E-state index in [4.69, 9.17) is 5.73 Å². The van der Waals surface area contributed by atoms with Gasteiger partial charge in [-0.2, -0.15) is 0 Å². The number of aromatic nitrogens is 2. The number of imidazole rings is 1. The van der Waals surface area contributed by atoms with Gasteiger partial charge in [0.15, 0.2) is 0 Å². The summed E-state index contributed by atoms with van der Waals surface area (Å²) in [6.07, 6.45) is 0. The van der Waals surface area contributed by atoms with Gasteiger partial charge in [-0.25, -0.2) is 9.37 Å². The molecule has 0 radical (unpaired) electrons. The molecule has 0 aliphatic rings. The summed E-state index contributed by atoms with van der Waals surface area (Å²) in [6, 6.07) is 10.1. The van der Waals surface area contributed by atoms with Gasteiger partial charge in [-0.3, -0.25) is 0 Å². The molecule has 0 bridgehead atoms. The summed E-state index contributed by atoms with van der Waals surface area (Å²) in [7, 11) is 1.86. The van der Waals surface area contributed by atoms with Gasteiger partial charge in [0, 0.05) is 22.8 Å². The van der Waals surface area contributed by atoms with Gasteiger partial charge in [0.2, 0.25) is 0 Å². The van der Waals surface area contributed by atoms with Gasteiger partial charge in [0.1, 0.15) is 11.6 Å². The number of nitrogens with two attached hydrogens (primary N) is 1. The smallest absolute Gasteiger partial charge is 0.142 e. The van der Waals surface area contributed by atoms with E-state index in [1.165, 1.54) is 12.1 Å². The van der Waals surface area contributed by atoms with Crippen molar-refractivity contribution in [2.75, 3.05) is 5.73 Å². The van der Waals surface area contributed by atoms with E-state index >= 15 is 0 Å². The number of benzene rings is 2. The maximum Gasteiger partial charge on any atom is 0.142 e. The molecule has 1 heterocycles. The molecule has 3 aromatic rings. The number of anilines is 1. The average Bonchev–Trinajstić information content (AvgIpc) is 2.70. The fourth-order valence-electron chi connectivity index (χ4n) is 2.12. The molecule has 3 nitrogen and oxygen atoms in total. The fraction of sp³-hybridized carbons (Fsp3) is 0.0714. The lowest BCUT2D eigenvalue weighted by Crippen LogP contribution is -1.95. The van der Waals surface area contributed by atoms with E-state index in [2.05, 4.69) is 20.9 Å². The number of hydrogen-bond donors (Lipinski definition) is 1. The number of halogens is 2. The summed E-state index contributed by atoms with van der Waals surface area (Å²) in [5.41, 5.74) is 8.88. The molecule has 0 fully saturated rings. The number of fused-ring (bicyclic) bond motifs is 1. The van der Waals surface area contributed by atoms with E-state index in [0.717, 1.165) is 26.9 Å². The monoisotopic (exact) mass is 319 g/mol. The lowest BCUT2D eigenvalue weighted by molar-refractivity contribution is 0.629. The first-order valence-corrected chi connectivity index (χ1v) is 6.53. The van der Waals surface area contributed by atoms with Crippen LogP contribution in [0.4, 0.5) is 10.1 Å². The van der Waals surface area contributed by atoms with Crippen LogP contribution in [0, 0.1) is 5.82 Å². The summed E-state index contributed by atoms with van der Waals surface area (Å²) in [6.45, 7) is 0. The van der Waals surface area contributed by atoms with Crippen LogP contribution >= 0.6 is 15.9 Å². The Morgan fingerprint density at radius 1 is 1.21 bits per heavy atom. The first-order valence-electron chi connectivity index (χ1n) is 5.73. The first-order chi connectivity index (χ1) is 9.06. The third-order valence-electron chi connectivity index (χ3n) is 3.07. The molecular weight excluding hydrogens is 309 g/mol. The zero-order valence-corrected chi connectivity index (χ0v) is 11.8. The number of aryl methyl sites for hydroxylation is 1. The molecule has 1 aromatic heterocycles. The summed E-state index contributed by atoms with van der Waals surface area (Å²) in [4.78, 5) is 4.54. The SMILES string of the molecule is Cn1c(-c2cc(N)ccc2Br)nc2ccc(F)cc21. The van der Waals surface area contributed by atoms with Crippen molar-refractivity contribution in [2.45, 2.75) is 0 Å². The summed E-state index contributed by atoms with van der Waals surface area (Å²) < 4.78 is 16.1. The summed E-state index contributed by atoms with van der Waals surface area (Å²) in [5.74, 6) is 0.480. The molecule has 0 saturated heterocycles. The van der Waals surface area contributed by atoms with Gasteiger partial charge in [0.25, 0.3) is 0 Å². The van der Waals surface area contributed by atoms with E-state index in [9.17, 15) is 4.39 Å². The normalized spacial score (nSPS) is 11.1. The molecule has 0 amide bonds. The second-order valence-corrected chi connectivity index (χ2v) is 5.22. The van der Waals surface area contributed by atoms with Crippen LogP contribution < -0.4 is 5.73 Å². The molecule has 0 aliphatic carbocycles. The van der Waals surface area contributed by atoms with Crippen LogP contribution in [0.5, 0.6) is 0 Å². The zero-order chi connectivity index (χ0) is 13.6. The van der Waals surface area contributed by atoms with E-state index in [1.54, 1.807) is 6.07 Å². The minimum atomic E-state index is -0.270. The molecule has 2 aromatic carbocycles. The molecule has 3 rings (SSSR count). The van der Waals surface area contributed by atoms with Gasteiger partial charge >= 0.3 is 0 Å². The van der Waals surface area contributed by atoms with Crippen molar-refractivity contribution < 1.29 is 4.39 Å². The fourth-order valence-corrected chi connectivity index (χ4v) is 2.54. The highest BCUT2D eigenvalue weighted by Gasteiger charge is 2.13. The van der Waals surface area contributed by atoms with Gasteiger partial charge in [0.05, 0.1) is 11.0 Å². The third kappa shape index (κ3) is 2.00. The minimum absolute atomic E-state index is 0.270. The van der Waals surface area contributed by atoms with Crippen LogP contribution in [0.3, 0.4) is 0 Å². The number of nitrogens with zero attached hydrogens (tertiary/aromatic N) is 2. The Kier molecular flexibility index (Phi) is 2.78. The predicted octanol–water partition coefficient (Wildman–Crippen LogP) is 3.72. The van der Waals surface area contributed by atoms with Crippen LogP contribution in [0.1, 0.15) is 0 Å². The summed E-state index contributed by atoms with van der Waals surface area (Å²) in [5, 5.41) is 0. The van der Waals surface area contributed by atoms with Crippen LogP contribution in [-0.2, 0) is 7.05 Å². The standard InChI is InChI=1S/C14H11BrFN3/c1-19-13-6-8(16)2-5-12(13)18-14(19)10-7-9(17)3-4-11(10)15/h2-7H,17H2,1H3. The third-order valence-corrected chi connectivity index (χ3v) is 3.77. The Hall–Kier alpha value is -1.88. The van der Waals surface area contributed by atoms with Gasteiger partial charge in [-0.05, 0) is 36.4 Å². The Bertz CT molecular complexity index is 780. The van der Waals surface area contributed by atoms with Crippen molar-refractivity contribution in [1.29, 1.82) is 0 Å². The Labute approximate surface area is 118 Å². The van der Waals surface area contributed by atoms with E-state index in [-0.39, 0.29) is 5.82 Å². The van der Waals surface area contributed by atoms with Crippen LogP contribution in [0.25, 0.3) is 22.4 Å². The van der Waals surface area contributed by atoms with Crippen LogP contribution in [-0.4, -0.2) is 9.55 Å². The Morgan fingerprint density at radius 3 is 2.79 bits per heavy atom. The highest BCUT2D eigenvalue weighted by molar-refractivity contribution is 9.10. The Balaban J connectivity index is 2.31. The van der Waals surface area contributed by atoms with Crippen molar-refractivity contribution in [1.82, 2.24) is 9.55 Å². The predicted molar refractivity (Wildman–Crippen MR) is 78.2 cm³/mol. The van der Waals surface area contributed by atoms with Crippen molar-refractivity contribution in [3.63, 3.8) is 0 Å². The molecule has 5 heteroatoms. The van der Waals surface area contributed by atoms with Crippen LogP contribution in [0.15, 0.2) is 40.9 Å². The van der Waals surface area contributed by atoms with Gasteiger partial charge in [-0.15, -0.1) is 0 Å². The number of rotatable bonds is 1. The second-order valence-electron chi connectivity index (χ2n) is 4.37. The topological polar surface area (TPSA) is 43.8 Å². The second kappa shape index (κ2) is 4.35. The number of hydrogen-bond acceptors (Lipinski definition) is 2. The molecule has 0 saturated carbocycles. The minimum Gasteiger partial charge on any atom is -0.399 e. The zero-order valence-electron chi connectivity index (χ0n) is 10.2. The molecule has 96 valence electrons. The molecule has 2 N–H and O–H groups in total. The first kappa shape index (κ1) is 12.2. The quantitative estimate of drug-likeness (QED) is 0.695. The molecule has 0 unspecified atom stereocenters. The van der Waals surface area contributed by atoms with Crippen molar-refractivity contribution >= 4 is 32.7 Å². The van der Waals surface area contributed by atoms with Crippen molar-refractivity contribution in [3.8, 4) is 11.4 Å². The molecule has 19 heavy (non-hydrogen) atoms. The lowest BCUT2D eigenvalue weighted by atomic mass is 10.2. The lowest BCUT2D eigenvalue weighted by Gasteiger charge is -2.06. The van der Waals surface area contributed by atoms with E-state index < -0.39 is 0 Å². The van der Waals surface area contributed by atoms with Crippen molar-refractivity contribution in [3.05, 3.63) is 46.7 Å². The largest absolute Gasteiger partial charge is 0.399 e. The average molecular weight is 320 g/mol.